The van der Waals surface area contributed by atoms with E-state index in [1.165, 1.54) is 0 Å². The fourth-order valence-electron chi connectivity index (χ4n) is 1.26. The fourth-order valence-corrected chi connectivity index (χ4v) is 2.02. The maximum Gasteiger partial charge on any atom is 0.310 e. The molecule has 0 aliphatic rings. The van der Waals surface area contributed by atoms with Gasteiger partial charge in [-0.05, 0) is 12.8 Å². The first-order chi connectivity index (χ1) is 8.80. The van der Waals surface area contributed by atoms with Crippen molar-refractivity contribution in [2.24, 2.45) is 5.92 Å². The Morgan fingerprint density at radius 1 is 1.11 bits per heavy atom. The van der Waals surface area contributed by atoms with Crippen molar-refractivity contribution in [3.63, 3.8) is 0 Å². The van der Waals surface area contributed by atoms with Gasteiger partial charge in [-0.15, -0.1) is 0 Å². The molecule has 19 heavy (non-hydrogen) atoms. The molecular weight excluding hydrogens is 276 g/mol. The highest BCUT2D eigenvalue weighted by Crippen LogP contribution is 2.11. The van der Waals surface area contributed by atoms with E-state index in [0.717, 1.165) is 0 Å². The zero-order chi connectivity index (χ0) is 14.9. The smallest absolute Gasteiger partial charge is 0.310 e. The molecule has 8 heteroatoms. The second-order valence-electron chi connectivity index (χ2n) is 4.04. The van der Waals surface area contributed by atoms with Gasteiger partial charge in [0, 0.05) is 0 Å². The van der Waals surface area contributed by atoms with E-state index in [-0.39, 0.29) is 13.2 Å². The van der Waals surface area contributed by atoms with Crippen LogP contribution in [-0.2, 0) is 29.2 Å². The summed E-state index contributed by atoms with van der Waals surface area (Å²) in [6, 6.07) is 0. The first kappa shape index (κ1) is 17.8. The van der Waals surface area contributed by atoms with Gasteiger partial charge in [-0.1, -0.05) is 13.8 Å². The van der Waals surface area contributed by atoms with E-state index < -0.39 is 40.1 Å². The monoisotopic (exact) mass is 296 g/mol. The average Bonchev–Trinajstić information content (AvgIpc) is 2.30. The third-order valence-corrected chi connectivity index (χ3v) is 2.90. The summed E-state index contributed by atoms with van der Waals surface area (Å²) in [6.07, 6.45) is 0.766. The minimum atomic E-state index is -4.37. The standard InChI is InChI=1S/C11H20O7S/c1-3-5-17-10(12)7-9(8-19(14,15)16)11(13)18-6-4-2/h9H,3-8H2,1-2H3,(H,14,15,16). The van der Waals surface area contributed by atoms with Crippen molar-refractivity contribution < 1.29 is 32.0 Å². The van der Waals surface area contributed by atoms with E-state index in [2.05, 4.69) is 0 Å². The zero-order valence-electron chi connectivity index (χ0n) is 11.1. The lowest BCUT2D eigenvalue weighted by Gasteiger charge is -2.13. The number of carbonyl (C=O) groups excluding carboxylic acids is 2. The zero-order valence-corrected chi connectivity index (χ0v) is 11.9. The molecular formula is C11H20O7S. The van der Waals surface area contributed by atoms with Gasteiger partial charge in [-0.2, -0.15) is 8.42 Å². The summed E-state index contributed by atoms with van der Waals surface area (Å²) in [5.74, 6) is -3.61. The summed E-state index contributed by atoms with van der Waals surface area (Å²) in [6.45, 7) is 3.91. The summed E-state index contributed by atoms with van der Waals surface area (Å²) < 4.78 is 39.9. The number of hydrogen-bond donors (Lipinski definition) is 1. The van der Waals surface area contributed by atoms with Crippen LogP contribution in [0, 0.1) is 5.92 Å². The molecule has 0 aromatic carbocycles. The largest absolute Gasteiger partial charge is 0.466 e. The van der Waals surface area contributed by atoms with Crippen molar-refractivity contribution in [2.45, 2.75) is 33.1 Å². The Labute approximate surface area is 113 Å². The van der Waals surface area contributed by atoms with Crippen LogP contribution in [0.3, 0.4) is 0 Å². The quantitative estimate of drug-likeness (QED) is 0.495. The maximum atomic E-state index is 11.6. The highest BCUT2D eigenvalue weighted by atomic mass is 32.2. The molecule has 7 nitrogen and oxygen atoms in total. The van der Waals surface area contributed by atoms with Crippen molar-refractivity contribution in [3.05, 3.63) is 0 Å². The van der Waals surface area contributed by atoms with Gasteiger partial charge >= 0.3 is 11.9 Å². The molecule has 0 fully saturated rings. The minimum absolute atomic E-state index is 0.130. The lowest BCUT2D eigenvalue weighted by atomic mass is 10.1. The predicted octanol–water partition coefficient (Wildman–Crippen LogP) is 0.787. The molecule has 0 saturated carbocycles. The molecule has 0 aliphatic heterocycles. The molecule has 0 radical (unpaired) electrons. The van der Waals surface area contributed by atoms with Gasteiger partial charge in [0.05, 0.1) is 31.3 Å². The van der Waals surface area contributed by atoms with Crippen LogP contribution in [0.5, 0.6) is 0 Å². The second kappa shape index (κ2) is 8.87. The molecule has 0 amide bonds. The van der Waals surface area contributed by atoms with Gasteiger partial charge in [0.2, 0.25) is 0 Å². The van der Waals surface area contributed by atoms with E-state index in [1.807, 2.05) is 0 Å². The topological polar surface area (TPSA) is 107 Å². The first-order valence-corrected chi connectivity index (χ1v) is 7.68. The van der Waals surface area contributed by atoms with Crippen LogP contribution >= 0.6 is 0 Å². The van der Waals surface area contributed by atoms with Crippen molar-refractivity contribution in [2.75, 3.05) is 19.0 Å². The van der Waals surface area contributed by atoms with Crippen molar-refractivity contribution >= 4 is 22.1 Å². The Hall–Kier alpha value is -1.15. The van der Waals surface area contributed by atoms with Crippen molar-refractivity contribution in [3.8, 4) is 0 Å². The van der Waals surface area contributed by atoms with E-state index in [4.69, 9.17) is 14.0 Å². The van der Waals surface area contributed by atoms with E-state index in [9.17, 15) is 18.0 Å². The molecule has 112 valence electrons. The first-order valence-electron chi connectivity index (χ1n) is 6.07. The maximum absolute atomic E-state index is 11.6. The van der Waals surface area contributed by atoms with Crippen LogP contribution < -0.4 is 0 Å². The number of hydrogen-bond acceptors (Lipinski definition) is 6. The molecule has 0 aromatic rings. The molecule has 1 unspecified atom stereocenters. The lowest BCUT2D eigenvalue weighted by molar-refractivity contribution is -0.154. The summed E-state index contributed by atoms with van der Waals surface area (Å²) in [5, 5.41) is 0. The number of rotatable bonds is 9. The van der Waals surface area contributed by atoms with Gasteiger partial charge < -0.3 is 9.47 Å². The van der Waals surface area contributed by atoms with Crippen LogP contribution in [0.25, 0.3) is 0 Å². The molecule has 0 aliphatic carbocycles. The third kappa shape index (κ3) is 9.43. The highest BCUT2D eigenvalue weighted by Gasteiger charge is 2.28. The summed E-state index contributed by atoms with van der Waals surface area (Å²) in [7, 11) is -4.37. The molecule has 0 spiro atoms. The van der Waals surface area contributed by atoms with Crippen molar-refractivity contribution in [1.29, 1.82) is 0 Å². The highest BCUT2D eigenvalue weighted by molar-refractivity contribution is 7.85. The molecule has 1 atom stereocenters. The third-order valence-electron chi connectivity index (χ3n) is 2.07. The normalized spacial score (nSPS) is 12.8. The van der Waals surface area contributed by atoms with Crippen LogP contribution in [0.2, 0.25) is 0 Å². The molecule has 0 bridgehead atoms. The van der Waals surface area contributed by atoms with Gasteiger partial charge in [0.1, 0.15) is 0 Å². The number of carbonyl (C=O) groups is 2. The summed E-state index contributed by atoms with van der Waals surface area (Å²) in [4.78, 5) is 23.0. The van der Waals surface area contributed by atoms with Gasteiger partial charge in [0.15, 0.2) is 0 Å². The predicted molar refractivity (Wildman–Crippen MR) is 67.0 cm³/mol. The van der Waals surface area contributed by atoms with Crippen LogP contribution in [0.1, 0.15) is 33.1 Å². The number of ether oxygens (including phenoxy) is 2. The van der Waals surface area contributed by atoms with Gasteiger partial charge in [0.25, 0.3) is 10.1 Å². The van der Waals surface area contributed by atoms with E-state index in [1.54, 1.807) is 13.8 Å². The van der Waals surface area contributed by atoms with Crippen LogP contribution in [-0.4, -0.2) is 43.9 Å². The molecule has 0 saturated heterocycles. The Morgan fingerprint density at radius 3 is 2.11 bits per heavy atom. The van der Waals surface area contributed by atoms with E-state index in [0.29, 0.717) is 12.8 Å². The minimum Gasteiger partial charge on any atom is -0.466 e. The SMILES string of the molecule is CCCOC(=O)CC(CS(=O)(=O)O)C(=O)OCCC. The molecule has 0 heterocycles. The summed E-state index contributed by atoms with van der Waals surface area (Å²) in [5.41, 5.74) is 0. The molecule has 0 aromatic heterocycles. The Bertz CT molecular complexity index is 388. The van der Waals surface area contributed by atoms with Crippen molar-refractivity contribution in [1.82, 2.24) is 0 Å². The van der Waals surface area contributed by atoms with Gasteiger partial charge in [-0.3, -0.25) is 14.1 Å². The van der Waals surface area contributed by atoms with Crippen LogP contribution in [0.15, 0.2) is 0 Å². The van der Waals surface area contributed by atoms with Crippen LogP contribution in [0.4, 0.5) is 0 Å². The van der Waals surface area contributed by atoms with Gasteiger partial charge in [-0.25, -0.2) is 0 Å². The average molecular weight is 296 g/mol. The second-order valence-corrected chi connectivity index (χ2v) is 5.53. The molecule has 1 N–H and O–H groups in total. The van der Waals surface area contributed by atoms with E-state index >= 15 is 0 Å². The summed E-state index contributed by atoms with van der Waals surface area (Å²) >= 11 is 0. The Morgan fingerprint density at radius 2 is 1.63 bits per heavy atom. The lowest BCUT2D eigenvalue weighted by Crippen LogP contribution is -2.29. The molecule has 0 rings (SSSR count). The Kier molecular flexibility index (Phi) is 8.33. The fraction of sp³-hybridized carbons (Fsp3) is 0.818. The number of esters is 2. The Balaban J connectivity index is 4.58.